The molecule has 0 heterocycles. The number of nitrogens with zero attached hydrogens (tertiary/aromatic N) is 1. The van der Waals surface area contributed by atoms with Crippen LogP contribution < -0.4 is 5.32 Å². The van der Waals surface area contributed by atoms with Crippen LogP contribution in [-0.4, -0.2) is 37.0 Å². The molecule has 0 saturated heterocycles. The molecule has 14 heavy (non-hydrogen) atoms. The van der Waals surface area contributed by atoms with Crippen LogP contribution in [0.25, 0.3) is 0 Å². The molecular formula is C11H22N2O. The highest BCUT2D eigenvalue weighted by Crippen LogP contribution is 1.94. The Morgan fingerprint density at radius 1 is 1.36 bits per heavy atom. The van der Waals surface area contributed by atoms with Crippen LogP contribution in [0.15, 0.2) is 12.7 Å². The number of hydrogen-bond acceptors (Lipinski definition) is 2. The van der Waals surface area contributed by atoms with Gasteiger partial charge in [-0.25, -0.2) is 0 Å². The van der Waals surface area contributed by atoms with E-state index in [9.17, 15) is 4.79 Å². The van der Waals surface area contributed by atoms with Gasteiger partial charge in [0.1, 0.15) is 0 Å². The van der Waals surface area contributed by atoms with Crippen molar-refractivity contribution in [2.45, 2.75) is 26.7 Å². The van der Waals surface area contributed by atoms with Gasteiger partial charge in [-0.15, -0.1) is 6.58 Å². The van der Waals surface area contributed by atoms with Crippen molar-refractivity contribution in [1.82, 2.24) is 10.2 Å². The summed E-state index contributed by atoms with van der Waals surface area (Å²) >= 11 is 0. The molecule has 0 spiro atoms. The summed E-state index contributed by atoms with van der Waals surface area (Å²) in [5.41, 5.74) is 0. The molecular weight excluding hydrogens is 176 g/mol. The molecule has 0 radical (unpaired) electrons. The maximum Gasteiger partial charge on any atom is 0.236 e. The minimum Gasteiger partial charge on any atom is -0.342 e. The summed E-state index contributed by atoms with van der Waals surface area (Å²) < 4.78 is 0. The van der Waals surface area contributed by atoms with Gasteiger partial charge in [-0.05, 0) is 12.8 Å². The number of nitrogens with one attached hydrogen (secondary N) is 1. The molecule has 0 saturated carbocycles. The van der Waals surface area contributed by atoms with E-state index in [2.05, 4.69) is 25.7 Å². The van der Waals surface area contributed by atoms with Gasteiger partial charge in [0.25, 0.3) is 0 Å². The Morgan fingerprint density at radius 3 is 2.36 bits per heavy atom. The van der Waals surface area contributed by atoms with Gasteiger partial charge in [0.05, 0.1) is 6.54 Å². The van der Waals surface area contributed by atoms with E-state index in [0.717, 1.165) is 25.9 Å². The van der Waals surface area contributed by atoms with Crippen molar-refractivity contribution in [3.63, 3.8) is 0 Å². The lowest BCUT2D eigenvalue weighted by Gasteiger charge is -2.21. The average molecular weight is 198 g/mol. The van der Waals surface area contributed by atoms with E-state index in [1.54, 1.807) is 6.08 Å². The Bertz CT molecular complexity index is 163. The molecule has 1 N–H and O–H groups in total. The molecule has 0 aliphatic heterocycles. The molecule has 3 nitrogen and oxygen atoms in total. The fraction of sp³-hybridized carbons (Fsp3) is 0.727. The van der Waals surface area contributed by atoms with Crippen LogP contribution >= 0.6 is 0 Å². The average Bonchev–Trinajstić information content (AvgIpc) is 2.18. The van der Waals surface area contributed by atoms with E-state index in [1.165, 1.54) is 0 Å². The van der Waals surface area contributed by atoms with Crippen molar-refractivity contribution < 1.29 is 4.79 Å². The van der Waals surface area contributed by atoms with Gasteiger partial charge in [-0.3, -0.25) is 4.79 Å². The van der Waals surface area contributed by atoms with Gasteiger partial charge < -0.3 is 10.2 Å². The summed E-state index contributed by atoms with van der Waals surface area (Å²) in [5, 5.41) is 3.02. The maximum atomic E-state index is 11.6. The number of rotatable bonds is 8. The van der Waals surface area contributed by atoms with Crippen molar-refractivity contribution in [3.8, 4) is 0 Å². The van der Waals surface area contributed by atoms with Gasteiger partial charge in [-0.1, -0.05) is 19.9 Å². The second-order valence-corrected chi connectivity index (χ2v) is 3.30. The monoisotopic (exact) mass is 198 g/mol. The van der Waals surface area contributed by atoms with Gasteiger partial charge >= 0.3 is 0 Å². The van der Waals surface area contributed by atoms with Crippen molar-refractivity contribution in [1.29, 1.82) is 0 Å². The standard InChI is InChI=1S/C11H22N2O/c1-4-7-12-10-11(14)13(8-5-2)9-6-3/h4,12H,1,5-10H2,2-3H3. The molecule has 0 aliphatic rings. The predicted octanol–water partition coefficient (Wildman–Crippen LogP) is 1.41. The molecule has 0 aromatic rings. The zero-order chi connectivity index (χ0) is 10.8. The SMILES string of the molecule is C=CCNCC(=O)N(CCC)CCC. The van der Waals surface area contributed by atoms with Crippen LogP contribution in [0.1, 0.15) is 26.7 Å². The summed E-state index contributed by atoms with van der Waals surface area (Å²) in [6.45, 7) is 10.6. The first-order valence-electron chi connectivity index (χ1n) is 5.35. The quantitative estimate of drug-likeness (QED) is 0.472. The van der Waals surface area contributed by atoms with Gasteiger partial charge in [0, 0.05) is 19.6 Å². The minimum absolute atomic E-state index is 0.190. The molecule has 0 aliphatic carbocycles. The molecule has 0 aromatic carbocycles. The highest BCUT2D eigenvalue weighted by atomic mass is 16.2. The molecule has 0 rings (SSSR count). The Morgan fingerprint density at radius 2 is 1.93 bits per heavy atom. The van der Waals surface area contributed by atoms with Crippen molar-refractivity contribution in [2.24, 2.45) is 0 Å². The first-order chi connectivity index (χ1) is 6.76. The molecule has 82 valence electrons. The lowest BCUT2D eigenvalue weighted by molar-refractivity contribution is -0.130. The first-order valence-corrected chi connectivity index (χ1v) is 5.35. The Kier molecular flexibility index (Phi) is 8.24. The van der Waals surface area contributed by atoms with E-state index in [1.807, 2.05) is 4.90 Å². The lowest BCUT2D eigenvalue weighted by Crippen LogP contribution is -2.39. The van der Waals surface area contributed by atoms with E-state index in [0.29, 0.717) is 13.1 Å². The zero-order valence-corrected chi connectivity index (χ0v) is 9.38. The third-order valence-electron chi connectivity index (χ3n) is 1.90. The Balaban J connectivity index is 3.81. The largest absolute Gasteiger partial charge is 0.342 e. The minimum atomic E-state index is 0.190. The number of carbonyl (C=O) groups is 1. The van der Waals surface area contributed by atoms with Crippen molar-refractivity contribution in [2.75, 3.05) is 26.2 Å². The fourth-order valence-corrected chi connectivity index (χ4v) is 1.29. The highest BCUT2D eigenvalue weighted by Gasteiger charge is 2.09. The topological polar surface area (TPSA) is 32.3 Å². The first kappa shape index (κ1) is 13.2. The van der Waals surface area contributed by atoms with E-state index >= 15 is 0 Å². The Hall–Kier alpha value is -0.830. The second kappa shape index (κ2) is 8.75. The molecule has 3 heteroatoms. The molecule has 0 atom stereocenters. The highest BCUT2D eigenvalue weighted by molar-refractivity contribution is 5.78. The van der Waals surface area contributed by atoms with Gasteiger partial charge in [0.15, 0.2) is 0 Å². The number of hydrogen-bond donors (Lipinski definition) is 1. The molecule has 0 bridgehead atoms. The normalized spacial score (nSPS) is 9.86. The lowest BCUT2D eigenvalue weighted by atomic mass is 10.3. The van der Waals surface area contributed by atoms with Crippen LogP contribution in [0.5, 0.6) is 0 Å². The molecule has 1 amide bonds. The van der Waals surface area contributed by atoms with Gasteiger partial charge in [0.2, 0.25) is 5.91 Å². The number of amides is 1. The number of carbonyl (C=O) groups excluding carboxylic acids is 1. The predicted molar refractivity (Wildman–Crippen MR) is 60.2 cm³/mol. The van der Waals surface area contributed by atoms with E-state index < -0.39 is 0 Å². The summed E-state index contributed by atoms with van der Waals surface area (Å²) in [4.78, 5) is 13.5. The third-order valence-corrected chi connectivity index (χ3v) is 1.90. The second-order valence-electron chi connectivity index (χ2n) is 3.30. The zero-order valence-electron chi connectivity index (χ0n) is 9.38. The summed E-state index contributed by atoms with van der Waals surface area (Å²) in [5.74, 6) is 0.190. The Labute approximate surface area is 87.2 Å². The van der Waals surface area contributed by atoms with Crippen LogP contribution in [0.2, 0.25) is 0 Å². The smallest absolute Gasteiger partial charge is 0.236 e. The van der Waals surface area contributed by atoms with Gasteiger partial charge in [-0.2, -0.15) is 0 Å². The molecule has 0 unspecified atom stereocenters. The van der Waals surface area contributed by atoms with Crippen LogP contribution in [0, 0.1) is 0 Å². The fourth-order valence-electron chi connectivity index (χ4n) is 1.29. The van der Waals surface area contributed by atoms with Crippen LogP contribution in [-0.2, 0) is 4.79 Å². The van der Waals surface area contributed by atoms with Crippen LogP contribution in [0.4, 0.5) is 0 Å². The van der Waals surface area contributed by atoms with Crippen molar-refractivity contribution in [3.05, 3.63) is 12.7 Å². The molecule has 0 fully saturated rings. The summed E-state index contributed by atoms with van der Waals surface area (Å²) in [6, 6.07) is 0. The summed E-state index contributed by atoms with van der Waals surface area (Å²) in [6.07, 6.45) is 3.80. The molecule has 0 aromatic heterocycles. The van der Waals surface area contributed by atoms with Crippen molar-refractivity contribution >= 4 is 5.91 Å². The third kappa shape index (κ3) is 5.75. The van der Waals surface area contributed by atoms with E-state index in [4.69, 9.17) is 0 Å². The summed E-state index contributed by atoms with van der Waals surface area (Å²) in [7, 11) is 0. The maximum absolute atomic E-state index is 11.6. The van der Waals surface area contributed by atoms with Crippen LogP contribution in [0.3, 0.4) is 0 Å². The van der Waals surface area contributed by atoms with E-state index in [-0.39, 0.29) is 5.91 Å².